The number of aromatic hydroxyl groups is 1. The number of carbonyl (C=O) groups is 1. The Morgan fingerprint density at radius 2 is 1.79 bits per heavy atom. The molecule has 1 aromatic heterocycles. The lowest BCUT2D eigenvalue weighted by molar-refractivity contribution is 0.262. The maximum Gasteiger partial charge on any atom is 0.325 e. The van der Waals surface area contributed by atoms with Gasteiger partial charge in [0.05, 0.1) is 27.3 Å². The summed E-state index contributed by atoms with van der Waals surface area (Å²) >= 11 is 1.21. The van der Waals surface area contributed by atoms with E-state index in [-0.39, 0.29) is 17.0 Å². The number of anilines is 4. The van der Waals surface area contributed by atoms with Gasteiger partial charge in [0.1, 0.15) is 11.6 Å². The number of hydrogen-bond donors (Lipinski definition) is 3. The van der Waals surface area contributed by atoms with Crippen LogP contribution in [0.15, 0.2) is 78.9 Å². The van der Waals surface area contributed by atoms with E-state index in [4.69, 9.17) is 0 Å². The van der Waals surface area contributed by atoms with Crippen molar-refractivity contribution in [3.05, 3.63) is 95.8 Å². The standard InChI is InChI=1S/C31H27FN4O2S/c1-18-8-10-19(11-9-18)21-13-15-25(37)28-27(21)31(2,3)17-36(28)24-7-5-4-6-22(24)33-29(38)35-30-34-23-14-12-20(32)16-26(23)39-30/h4-16,37H,17H2,1-3H3,(H2,33,34,35,38). The summed E-state index contributed by atoms with van der Waals surface area (Å²) in [4.78, 5) is 19.4. The number of carbonyl (C=O) groups excluding carboxylic acids is 1. The van der Waals surface area contributed by atoms with Crippen LogP contribution >= 0.6 is 11.3 Å². The fourth-order valence-corrected chi connectivity index (χ4v) is 6.17. The van der Waals surface area contributed by atoms with E-state index in [0.29, 0.717) is 27.6 Å². The number of fused-ring (bicyclic) bond motifs is 2. The third-order valence-electron chi connectivity index (χ3n) is 7.03. The number of urea groups is 1. The highest BCUT2D eigenvalue weighted by atomic mass is 32.1. The number of rotatable bonds is 4. The molecule has 6 rings (SSSR count). The number of hydrogen-bond acceptors (Lipinski definition) is 5. The topological polar surface area (TPSA) is 77.5 Å². The van der Waals surface area contributed by atoms with E-state index >= 15 is 0 Å². The number of aryl methyl sites for hydroxylation is 1. The monoisotopic (exact) mass is 538 g/mol. The number of nitrogens with one attached hydrogen (secondary N) is 2. The quantitative estimate of drug-likeness (QED) is 0.216. The first kappa shape index (κ1) is 24.9. The van der Waals surface area contributed by atoms with E-state index in [1.54, 1.807) is 12.1 Å². The lowest BCUT2D eigenvalue weighted by Crippen LogP contribution is -2.27. The molecular formula is C31H27FN4O2S. The average molecular weight is 539 g/mol. The van der Waals surface area contributed by atoms with Crippen LogP contribution in [0.2, 0.25) is 0 Å². The smallest absolute Gasteiger partial charge is 0.325 e. The van der Waals surface area contributed by atoms with Crippen LogP contribution in [0.1, 0.15) is 25.0 Å². The molecule has 196 valence electrons. The Labute approximate surface area is 229 Å². The highest BCUT2D eigenvalue weighted by molar-refractivity contribution is 7.22. The Bertz CT molecular complexity index is 1730. The van der Waals surface area contributed by atoms with E-state index < -0.39 is 6.03 Å². The number of halogens is 1. The van der Waals surface area contributed by atoms with E-state index in [2.05, 4.69) is 65.6 Å². The molecule has 0 fully saturated rings. The number of thiazole rings is 1. The first-order valence-electron chi connectivity index (χ1n) is 12.6. The molecule has 0 bridgehead atoms. The zero-order valence-electron chi connectivity index (χ0n) is 21.7. The van der Waals surface area contributed by atoms with Gasteiger partial charge in [-0.2, -0.15) is 0 Å². The molecule has 0 atom stereocenters. The molecule has 2 heterocycles. The number of amides is 2. The number of phenols is 1. The lowest BCUT2D eigenvalue weighted by Gasteiger charge is -2.25. The largest absolute Gasteiger partial charge is 0.506 e. The van der Waals surface area contributed by atoms with Crippen molar-refractivity contribution in [2.75, 3.05) is 22.1 Å². The van der Waals surface area contributed by atoms with Gasteiger partial charge in [-0.3, -0.25) is 5.32 Å². The predicted octanol–water partition coefficient (Wildman–Crippen LogP) is 8.19. The number of para-hydroxylation sites is 2. The molecule has 0 saturated heterocycles. The zero-order chi connectivity index (χ0) is 27.3. The molecule has 0 saturated carbocycles. The minimum Gasteiger partial charge on any atom is -0.506 e. The molecule has 0 aliphatic carbocycles. The van der Waals surface area contributed by atoms with Gasteiger partial charge in [0.15, 0.2) is 5.13 Å². The highest BCUT2D eigenvalue weighted by Gasteiger charge is 2.40. The Balaban J connectivity index is 1.34. The van der Waals surface area contributed by atoms with Crippen LogP contribution in [0.4, 0.5) is 31.4 Å². The maximum absolute atomic E-state index is 13.6. The van der Waals surface area contributed by atoms with Crippen molar-refractivity contribution in [1.29, 1.82) is 0 Å². The summed E-state index contributed by atoms with van der Waals surface area (Å²) < 4.78 is 14.2. The van der Waals surface area contributed by atoms with Gasteiger partial charge in [-0.05, 0) is 60.0 Å². The molecule has 3 N–H and O–H groups in total. The average Bonchev–Trinajstić information content (AvgIpc) is 3.42. The number of benzene rings is 4. The molecule has 0 unspecified atom stereocenters. The molecule has 39 heavy (non-hydrogen) atoms. The molecular weight excluding hydrogens is 511 g/mol. The molecule has 6 nitrogen and oxygen atoms in total. The van der Waals surface area contributed by atoms with Crippen LogP contribution in [-0.2, 0) is 5.41 Å². The second-order valence-electron chi connectivity index (χ2n) is 10.4. The van der Waals surface area contributed by atoms with Gasteiger partial charge in [-0.25, -0.2) is 14.2 Å². The summed E-state index contributed by atoms with van der Waals surface area (Å²) in [7, 11) is 0. The van der Waals surface area contributed by atoms with Crippen molar-refractivity contribution in [2.45, 2.75) is 26.2 Å². The fraction of sp³-hybridized carbons (Fsp3) is 0.161. The Morgan fingerprint density at radius 1 is 1.03 bits per heavy atom. The Hall–Kier alpha value is -4.43. The summed E-state index contributed by atoms with van der Waals surface area (Å²) in [5.41, 5.74) is 6.85. The van der Waals surface area contributed by atoms with Gasteiger partial charge in [0.2, 0.25) is 0 Å². The number of phenolic OH excluding ortho intramolecular Hbond substituents is 1. The summed E-state index contributed by atoms with van der Waals surface area (Å²) in [6.45, 7) is 7.01. The molecule has 0 radical (unpaired) electrons. The molecule has 8 heteroatoms. The van der Waals surface area contributed by atoms with Gasteiger partial charge >= 0.3 is 6.03 Å². The van der Waals surface area contributed by atoms with Gasteiger partial charge in [0.25, 0.3) is 0 Å². The van der Waals surface area contributed by atoms with Crippen molar-refractivity contribution < 1.29 is 14.3 Å². The van der Waals surface area contributed by atoms with Gasteiger partial charge in [-0.15, -0.1) is 0 Å². The van der Waals surface area contributed by atoms with Crippen LogP contribution in [0.5, 0.6) is 5.75 Å². The van der Waals surface area contributed by atoms with Crippen LogP contribution in [0.25, 0.3) is 21.3 Å². The van der Waals surface area contributed by atoms with Crippen molar-refractivity contribution in [1.82, 2.24) is 4.98 Å². The zero-order valence-corrected chi connectivity index (χ0v) is 22.6. The minimum absolute atomic E-state index is 0.187. The highest BCUT2D eigenvalue weighted by Crippen LogP contribution is 2.53. The Morgan fingerprint density at radius 3 is 2.59 bits per heavy atom. The normalized spacial score (nSPS) is 13.9. The van der Waals surface area contributed by atoms with E-state index in [1.807, 2.05) is 30.3 Å². The van der Waals surface area contributed by atoms with E-state index in [1.165, 1.54) is 29.0 Å². The molecule has 1 aliphatic heterocycles. The van der Waals surface area contributed by atoms with E-state index in [0.717, 1.165) is 28.1 Å². The molecule has 1 aliphatic rings. The summed E-state index contributed by atoms with van der Waals surface area (Å²) in [6, 6.07) is 23.5. The maximum atomic E-state index is 13.6. The number of aromatic nitrogens is 1. The van der Waals surface area contributed by atoms with Crippen molar-refractivity contribution in [3.8, 4) is 16.9 Å². The second-order valence-corrected chi connectivity index (χ2v) is 11.4. The van der Waals surface area contributed by atoms with Gasteiger partial charge in [0, 0.05) is 12.0 Å². The summed E-state index contributed by atoms with van der Waals surface area (Å²) in [6.07, 6.45) is 0. The Kier molecular flexibility index (Phi) is 5.99. The predicted molar refractivity (Wildman–Crippen MR) is 157 cm³/mol. The van der Waals surface area contributed by atoms with E-state index in [9.17, 15) is 14.3 Å². The SMILES string of the molecule is Cc1ccc(-c2ccc(O)c3c2C(C)(C)CN3c2ccccc2NC(=O)Nc2nc3ccc(F)cc3s2)cc1. The molecule has 4 aromatic carbocycles. The molecule has 5 aromatic rings. The van der Waals surface area contributed by atoms with Crippen molar-refractivity contribution in [3.63, 3.8) is 0 Å². The second kappa shape index (κ2) is 9.39. The minimum atomic E-state index is -0.460. The third-order valence-corrected chi connectivity index (χ3v) is 7.97. The van der Waals surface area contributed by atoms with Crippen molar-refractivity contribution >= 4 is 49.8 Å². The van der Waals surface area contributed by atoms with Gasteiger partial charge in [-0.1, -0.05) is 73.2 Å². The third kappa shape index (κ3) is 4.57. The first-order chi connectivity index (χ1) is 18.7. The van der Waals surface area contributed by atoms with Gasteiger partial charge < -0.3 is 15.3 Å². The van der Waals surface area contributed by atoms with Crippen molar-refractivity contribution in [2.24, 2.45) is 0 Å². The fourth-order valence-electron chi connectivity index (χ4n) is 5.29. The summed E-state index contributed by atoms with van der Waals surface area (Å²) in [5.74, 6) is -0.161. The summed E-state index contributed by atoms with van der Waals surface area (Å²) in [5, 5.41) is 17.2. The van der Waals surface area contributed by atoms with Crippen LogP contribution < -0.4 is 15.5 Å². The number of nitrogens with zero attached hydrogens (tertiary/aromatic N) is 2. The van der Waals surface area contributed by atoms with Crippen LogP contribution in [-0.4, -0.2) is 22.7 Å². The van der Waals surface area contributed by atoms with Crippen LogP contribution in [0.3, 0.4) is 0 Å². The molecule has 2 amide bonds. The molecule has 0 spiro atoms. The van der Waals surface area contributed by atoms with Crippen LogP contribution in [0, 0.1) is 12.7 Å². The lowest BCUT2D eigenvalue weighted by atomic mass is 9.81. The first-order valence-corrected chi connectivity index (χ1v) is 13.5.